The number of aromatic nitrogens is 1. The largest absolute Gasteiger partial charge is 0.495 e. The molecule has 0 fully saturated rings. The van der Waals surface area contributed by atoms with Crippen molar-refractivity contribution in [2.24, 2.45) is 0 Å². The van der Waals surface area contributed by atoms with E-state index in [4.69, 9.17) is 16.3 Å². The summed E-state index contributed by atoms with van der Waals surface area (Å²) in [5, 5.41) is 0.432. The number of halogens is 1. The number of nitrogens with zero attached hydrogens (tertiary/aromatic N) is 1. The predicted molar refractivity (Wildman–Crippen MR) is 82.5 cm³/mol. The van der Waals surface area contributed by atoms with Crippen LogP contribution in [0.4, 0.5) is 5.82 Å². The summed E-state index contributed by atoms with van der Waals surface area (Å²) in [6.45, 7) is 3.73. The van der Waals surface area contributed by atoms with Crippen LogP contribution in [0.2, 0.25) is 5.02 Å². The van der Waals surface area contributed by atoms with Crippen molar-refractivity contribution in [2.75, 3.05) is 11.8 Å². The fourth-order valence-electron chi connectivity index (χ4n) is 1.76. The smallest absolute Gasteiger partial charge is 0.266 e. The molecule has 0 atom stereocenters. The van der Waals surface area contributed by atoms with Crippen LogP contribution >= 0.6 is 11.6 Å². The standard InChI is InChI=1S/C14H15ClN2O3S/c1-9-6-12(20-3)13(7-10(9)2)21(18,19)17-14-5-4-11(15)8-16-14/h4-8H,1-3H3,(H,16,17). The number of sulfonamides is 1. The summed E-state index contributed by atoms with van der Waals surface area (Å²) >= 11 is 5.73. The third-order valence-electron chi connectivity index (χ3n) is 3.04. The van der Waals surface area contributed by atoms with E-state index in [1.807, 2.05) is 13.8 Å². The molecule has 1 N–H and O–H groups in total. The summed E-state index contributed by atoms with van der Waals surface area (Å²) in [5.41, 5.74) is 1.82. The van der Waals surface area contributed by atoms with E-state index in [-0.39, 0.29) is 10.7 Å². The summed E-state index contributed by atoms with van der Waals surface area (Å²) in [5.74, 6) is 0.485. The summed E-state index contributed by atoms with van der Waals surface area (Å²) in [4.78, 5) is 4.00. The molecular weight excluding hydrogens is 312 g/mol. The number of anilines is 1. The molecule has 1 heterocycles. The molecule has 112 valence electrons. The summed E-state index contributed by atoms with van der Waals surface area (Å²) in [7, 11) is -2.35. The predicted octanol–water partition coefficient (Wildman–Crippen LogP) is 3.16. The number of pyridine rings is 1. The number of methoxy groups -OCH3 is 1. The maximum absolute atomic E-state index is 12.5. The van der Waals surface area contributed by atoms with E-state index in [1.54, 1.807) is 18.2 Å². The van der Waals surface area contributed by atoms with Gasteiger partial charge in [-0.15, -0.1) is 0 Å². The minimum absolute atomic E-state index is 0.0739. The van der Waals surface area contributed by atoms with Gasteiger partial charge in [-0.1, -0.05) is 11.6 Å². The molecule has 2 aromatic rings. The van der Waals surface area contributed by atoms with Gasteiger partial charge in [0.25, 0.3) is 10.0 Å². The summed E-state index contributed by atoms with van der Waals surface area (Å²) in [6.07, 6.45) is 1.37. The summed E-state index contributed by atoms with van der Waals surface area (Å²) in [6, 6.07) is 6.32. The van der Waals surface area contributed by atoms with Crippen molar-refractivity contribution in [1.29, 1.82) is 0 Å². The highest BCUT2D eigenvalue weighted by Gasteiger charge is 2.21. The molecule has 0 saturated heterocycles. The molecule has 2 rings (SSSR count). The lowest BCUT2D eigenvalue weighted by Gasteiger charge is -2.13. The number of ether oxygens (including phenoxy) is 1. The molecule has 0 unspecified atom stereocenters. The fraction of sp³-hybridized carbons (Fsp3) is 0.214. The highest BCUT2D eigenvalue weighted by atomic mass is 35.5. The third kappa shape index (κ3) is 3.46. The quantitative estimate of drug-likeness (QED) is 0.937. The van der Waals surface area contributed by atoms with Gasteiger partial charge in [-0.05, 0) is 49.2 Å². The first-order valence-corrected chi connectivity index (χ1v) is 7.99. The van der Waals surface area contributed by atoms with Gasteiger partial charge < -0.3 is 4.74 Å². The Morgan fingerprint density at radius 3 is 2.43 bits per heavy atom. The van der Waals surface area contributed by atoms with Gasteiger partial charge >= 0.3 is 0 Å². The molecule has 21 heavy (non-hydrogen) atoms. The zero-order chi connectivity index (χ0) is 15.6. The minimum atomic E-state index is -3.79. The number of nitrogens with one attached hydrogen (secondary N) is 1. The van der Waals surface area contributed by atoms with Crippen molar-refractivity contribution in [2.45, 2.75) is 18.7 Å². The zero-order valence-corrected chi connectivity index (χ0v) is 13.4. The first-order chi connectivity index (χ1) is 9.83. The van der Waals surface area contributed by atoms with Gasteiger partial charge in [-0.2, -0.15) is 0 Å². The molecule has 5 nitrogen and oxygen atoms in total. The number of rotatable bonds is 4. The molecule has 0 aliphatic rings. The number of hydrogen-bond donors (Lipinski definition) is 1. The van der Waals surface area contributed by atoms with Gasteiger partial charge in [0.05, 0.1) is 12.1 Å². The van der Waals surface area contributed by atoms with Crippen LogP contribution in [0.1, 0.15) is 11.1 Å². The second kappa shape index (κ2) is 5.91. The maximum atomic E-state index is 12.5. The Morgan fingerprint density at radius 2 is 1.86 bits per heavy atom. The molecule has 0 spiro atoms. The maximum Gasteiger partial charge on any atom is 0.266 e. The molecule has 1 aromatic heterocycles. The summed E-state index contributed by atoms with van der Waals surface area (Å²) < 4.78 is 32.5. The first kappa shape index (κ1) is 15.6. The van der Waals surface area contributed by atoms with Gasteiger partial charge in [0, 0.05) is 6.20 Å². The topological polar surface area (TPSA) is 68.3 Å². The second-order valence-electron chi connectivity index (χ2n) is 4.55. The Kier molecular flexibility index (Phi) is 4.39. The Morgan fingerprint density at radius 1 is 1.19 bits per heavy atom. The van der Waals surface area contributed by atoms with E-state index in [1.165, 1.54) is 19.4 Å². The van der Waals surface area contributed by atoms with Crippen molar-refractivity contribution in [3.63, 3.8) is 0 Å². The molecule has 1 aromatic carbocycles. The van der Waals surface area contributed by atoms with Crippen LogP contribution in [0.3, 0.4) is 0 Å². The lowest BCUT2D eigenvalue weighted by atomic mass is 10.1. The third-order valence-corrected chi connectivity index (χ3v) is 4.64. The van der Waals surface area contributed by atoms with Crippen molar-refractivity contribution >= 4 is 27.4 Å². The van der Waals surface area contributed by atoms with Crippen LogP contribution in [0.5, 0.6) is 5.75 Å². The Labute approximate surface area is 129 Å². The van der Waals surface area contributed by atoms with Crippen LogP contribution < -0.4 is 9.46 Å². The van der Waals surface area contributed by atoms with Crippen molar-refractivity contribution < 1.29 is 13.2 Å². The van der Waals surface area contributed by atoms with E-state index < -0.39 is 10.0 Å². The lowest BCUT2D eigenvalue weighted by Crippen LogP contribution is -2.15. The molecule has 0 radical (unpaired) electrons. The average Bonchev–Trinajstić information content (AvgIpc) is 2.43. The first-order valence-electron chi connectivity index (χ1n) is 6.13. The Hall–Kier alpha value is -1.79. The molecule has 0 saturated carbocycles. The average molecular weight is 327 g/mol. The molecule has 7 heteroatoms. The van der Waals surface area contributed by atoms with Crippen LogP contribution in [-0.2, 0) is 10.0 Å². The van der Waals surface area contributed by atoms with E-state index in [0.29, 0.717) is 10.8 Å². The van der Waals surface area contributed by atoms with Gasteiger partial charge in [0.15, 0.2) is 0 Å². The number of hydrogen-bond acceptors (Lipinski definition) is 4. The van der Waals surface area contributed by atoms with Crippen LogP contribution in [-0.4, -0.2) is 20.5 Å². The van der Waals surface area contributed by atoms with Crippen LogP contribution in [0.25, 0.3) is 0 Å². The molecule has 0 aliphatic heterocycles. The van der Waals surface area contributed by atoms with Crippen LogP contribution in [0.15, 0.2) is 35.4 Å². The van der Waals surface area contributed by atoms with E-state index in [2.05, 4.69) is 9.71 Å². The van der Waals surface area contributed by atoms with Gasteiger partial charge in [0.1, 0.15) is 16.5 Å². The molecular formula is C14H15ClN2O3S. The highest BCUT2D eigenvalue weighted by molar-refractivity contribution is 7.92. The molecule has 0 aliphatic carbocycles. The van der Waals surface area contributed by atoms with E-state index >= 15 is 0 Å². The number of benzene rings is 1. The zero-order valence-electron chi connectivity index (χ0n) is 11.8. The Bertz CT molecular complexity index is 759. The van der Waals surface area contributed by atoms with Gasteiger partial charge in [0.2, 0.25) is 0 Å². The monoisotopic (exact) mass is 326 g/mol. The van der Waals surface area contributed by atoms with Gasteiger partial charge in [-0.25, -0.2) is 13.4 Å². The van der Waals surface area contributed by atoms with E-state index in [9.17, 15) is 8.42 Å². The van der Waals surface area contributed by atoms with Crippen LogP contribution in [0, 0.1) is 13.8 Å². The second-order valence-corrected chi connectivity index (χ2v) is 6.64. The minimum Gasteiger partial charge on any atom is -0.495 e. The highest BCUT2D eigenvalue weighted by Crippen LogP contribution is 2.28. The normalized spacial score (nSPS) is 11.2. The lowest BCUT2D eigenvalue weighted by molar-refractivity contribution is 0.402. The number of aryl methyl sites for hydroxylation is 2. The SMILES string of the molecule is COc1cc(C)c(C)cc1S(=O)(=O)Nc1ccc(Cl)cn1. The van der Waals surface area contributed by atoms with E-state index in [0.717, 1.165) is 11.1 Å². The van der Waals surface area contributed by atoms with Gasteiger partial charge in [-0.3, -0.25) is 4.72 Å². The van der Waals surface area contributed by atoms with Crippen molar-refractivity contribution in [3.05, 3.63) is 46.6 Å². The molecule has 0 bridgehead atoms. The fourth-order valence-corrected chi connectivity index (χ4v) is 3.12. The van der Waals surface area contributed by atoms with Crippen molar-refractivity contribution in [3.8, 4) is 5.75 Å². The Balaban J connectivity index is 2.44. The molecule has 0 amide bonds. The van der Waals surface area contributed by atoms with Crippen molar-refractivity contribution in [1.82, 2.24) is 4.98 Å².